The molecule has 0 bridgehead atoms. The summed E-state index contributed by atoms with van der Waals surface area (Å²) in [6.07, 6.45) is 0. The highest BCUT2D eigenvalue weighted by Gasteiger charge is 1.96. The van der Waals surface area contributed by atoms with Crippen molar-refractivity contribution in [2.45, 2.75) is 0 Å². The van der Waals surface area contributed by atoms with Gasteiger partial charge in [-0.2, -0.15) is 0 Å². The van der Waals surface area contributed by atoms with Crippen molar-refractivity contribution in [3.63, 3.8) is 0 Å². The molecule has 7 heavy (non-hydrogen) atoms. The number of hydrogen-bond donors (Lipinski definition) is 1. The number of nitrogens with zero attached hydrogens (tertiary/aromatic N) is 1. The Kier molecular flexibility index (Phi) is 2.37. The monoisotopic (exact) mass is 102 g/mol. The molecule has 0 saturated carbocycles. The molecule has 0 aliphatic heterocycles. The molecule has 0 amide bonds. The molecule has 0 aromatic heterocycles. The van der Waals surface area contributed by atoms with Crippen LogP contribution < -0.4 is 0 Å². The third kappa shape index (κ3) is 5.43. The molecule has 3 heteroatoms. The minimum atomic E-state index is -0.912. The topological polar surface area (TPSA) is 40.5 Å². The molecular weight excluding hydrogens is 94.0 g/mol. The van der Waals surface area contributed by atoms with E-state index >= 15 is 0 Å². The third-order valence-corrected chi connectivity index (χ3v) is 0.369. The number of carbonyl (C=O) groups is 1. The summed E-state index contributed by atoms with van der Waals surface area (Å²) < 4.78 is 0. The van der Waals surface area contributed by atoms with Gasteiger partial charge in [0.1, 0.15) is 6.54 Å². The number of hydrogen-bond acceptors (Lipinski definition) is 2. The van der Waals surface area contributed by atoms with Crippen LogP contribution in [-0.4, -0.2) is 30.1 Å². The van der Waals surface area contributed by atoms with Crippen LogP contribution in [-0.2, 0) is 4.79 Å². The van der Waals surface area contributed by atoms with Crippen molar-refractivity contribution in [2.24, 2.45) is 0 Å². The van der Waals surface area contributed by atoms with E-state index < -0.39 is 5.97 Å². The maximum Gasteiger partial charge on any atom is 0.323 e. The lowest BCUT2D eigenvalue weighted by Crippen LogP contribution is -2.13. The van der Waals surface area contributed by atoms with Crippen LogP contribution in [0, 0.1) is 6.54 Å². The molecule has 0 atom stereocenters. The second-order valence-electron chi connectivity index (χ2n) is 1.43. The summed E-state index contributed by atoms with van der Waals surface area (Å²) >= 11 is 0. The van der Waals surface area contributed by atoms with Crippen molar-refractivity contribution in [3.05, 3.63) is 6.54 Å². The standard InChI is InChI=1S/C4H8NO2/c1-5(2)3-4(6)7/h3H,1-2H3,(H,6,7). The summed E-state index contributed by atoms with van der Waals surface area (Å²) in [5.74, 6) is -0.912. The molecule has 0 aliphatic rings. The van der Waals surface area contributed by atoms with E-state index in [1.165, 1.54) is 4.90 Å². The van der Waals surface area contributed by atoms with Crippen molar-refractivity contribution in [1.29, 1.82) is 0 Å². The number of rotatable bonds is 2. The molecule has 1 N–H and O–H groups in total. The Morgan fingerprint density at radius 1 is 1.71 bits per heavy atom. The van der Waals surface area contributed by atoms with Crippen LogP contribution in [0.2, 0.25) is 0 Å². The Bertz CT molecular complexity index is 70.1. The van der Waals surface area contributed by atoms with Crippen LogP contribution >= 0.6 is 0 Å². The molecule has 0 rings (SSSR count). The van der Waals surface area contributed by atoms with E-state index in [4.69, 9.17) is 5.11 Å². The zero-order valence-electron chi connectivity index (χ0n) is 4.38. The van der Waals surface area contributed by atoms with E-state index in [1.54, 1.807) is 14.1 Å². The zero-order valence-corrected chi connectivity index (χ0v) is 4.38. The van der Waals surface area contributed by atoms with Crippen LogP contribution in [0.4, 0.5) is 0 Å². The Balaban J connectivity index is 3.13. The molecule has 0 heterocycles. The normalized spacial score (nSPS) is 9.57. The van der Waals surface area contributed by atoms with Gasteiger partial charge in [-0.3, -0.25) is 9.69 Å². The van der Waals surface area contributed by atoms with Gasteiger partial charge in [0, 0.05) is 0 Å². The quantitative estimate of drug-likeness (QED) is 0.524. The molecule has 41 valence electrons. The smallest absolute Gasteiger partial charge is 0.323 e. The SMILES string of the molecule is CN(C)[CH]C(=O)O. The summed E-state index contributed by atoms with van der Waals surface area (Å²) in [5, 5.41) is 7.99. The summed E-state index contributed by atoms with van der Waals surface area (Å²) in [6, 6.07) is 0. The van der Waals surface area contributed by atoms with Crippen molar-refractivity contribution < 1.29 is 9.90 Å². The van der Waals surface area contributed by atoms with E-state index in [1.807, 2.05) is 0 Å². The summed E-state index contributed by atoms with van der Waals surface area (Å²) in [5.41, 5.74) is 0. The molecule has 0 aromatic carbocycles. The molecule has 0 unspecified atom stereocenters. The first kappa shape index (κ1) is 6.43. The van der Waals surface area contributed by atoms with Gasteiger partial charge >= 0.3 is 5.97 Å². The Hall–Kier alpha value is -0.570. The fraction of sp³-hybridized carbons (Fsp3) is 0.500. The molecule has 0 saturated heterocycles. The first-order valence-electron chi connectivity index (χ1n) is 1.87. The first-order chi connectivity index (χ1) is 3.13. The van der Waals surface area contributed by atoms with Gasteiger partial charge < -0.3 is 5.11 Å². The summed E-state index contributed by atoms with van der Waals surface area (Å²) in [6.45, 7) is 1.08. The number of aliphatic carboxylic acids is 1. The third-order valence-electron chi connectivity index (χ3n) is 0.369. The van der Waals surface area contributed by atoms with Gasteiger partial charge in [-0.15, -0.1) is 0 Å². The fourth-order valence-electron chi connectivity index (χ4n) is 0.221. The molecule has 3 nitrogen and oxygen atoms in total. The largest absolute Gasteiger partial charge is 0.480 e. The fourth-order valence-corrected chi connectivity index (χ4v) is 0.221. The molecule has 0 spiro atoms. The van der Waals surface area contributed by atoms with E-state index in [0.717, 1.165) is 6.54 Å². The van der Waals surface area contributed by atoms with Gasteiger partial charge in [-0.05, 0) is 14.1 Å². The first-order valence-corrected chi connectivity index (χ1v) is 1.87. The molecular formula is C4H8NO2. The maximum absolute atomic E-state index is 9.71. The number of carboxylic acid groups (broad SMARTS) is 1. The lowest BCUT2D eigenvalue weighted by atomic mass is 10.6. The van der Waals surface area contributed by atoms with Crippen LogP contribution in [0.1, 0.15) is 0 Å². The summed E-state index contributed by atoms with van der Waals surface area (Å²) in [4.78, 5) is 11.2. The van der Waals surface area contributed by atoms with Gasteiger partial charge in [-0.1, -0.05) is 0 Å². The molecule has 1 radical (unpaired) electrons. The second kappa shape index (κ2) is 2.58. The zero-order chi connectivity index (χ0) is 5.86. The highest BCUT2D eigenvalue weighted by molar-refractivity contribution is 5.75. The highest BCUT2D eigenvalue weighted by Crippen LogP contribution is 1.78. The van der Waals surface area contributed by atoms with Crippen LogP contribution in [0.5, 0.6) is 0 Å². The minimum Gasteiger partial charge on any atom is -0.480 e. The highest BCUT2D eigenvalue weighted by atomic mass is 16.4. The molecule has 0 aromatic rings. The van der Waals surface area contributed by atoms with Gasteiger partial charge in [-0.25, -0.2) is 0 Å². The van der Waals surface area contributed by atoms with E-state index in [0.29, 0.717) is 0 Å². The van der Waals surface area contributed by atoms with Gasteiger partial charge in [0.15, 0.2) is 0 Å². The van der Waals surface area contributed by atoms with Crippen molar-refractivity contribution in [2.75, 3.05) is 14.1 Å². The van der Waals surface area contributed by atoms with E-state index in [9.17, 15) is 4.79 Å². The molecule has 0 aliphatic carbocycles. The van der Waals surface area contributed by atoms with Crippen LogP contribution in [0.3, 0.4) is 0 Å². The predicted molar refractivity (Wildman–Crippen MR) is 25.6 cm³/mol. The van der Waals surface area contributed by atoms with E-state index in [2.05, 4.69) is 0 Å². The van der Waals surface area contributed by atoms with Crippen molar-refractivity contribution in [3.8, 4) is 0 Å². The van der Waals surface area contributed by atoms with Gasteiger partial charge in [0.25, 0.3) is 0 Å². The Morgan fingerprint density at radius 2 is 2.14 bits per heavy atom. The minimum absolute atomic E-state index is 0.912. The molecule has 0 fully saturated rings. The van der Waals surface area contributed by atoms with E-state index in [-0.39, 0.29) is 0 Å². The lowest BCUT2D eigenvalue weighted by Gasteiger charge is -2.00. The van der Waals surface area contributed by atoms with Crippen molar-refractivity contribution in [1.82, 2.24) is 4.90 Å². The average Bonchev–Trinajstić information content (AvgIpc) is 1.27. The van der Waals surface area contributed by atoms with Gasteiger partial charge in [0.05, 0.1) is 0 Å². The summed E-state index contributed by atoms with van der Waals surface area (Å²) in [7, 11) is 3.32. The Labute approximate surface area is 42.5 Å². The van der Waals surface area contributed by atoms with Crippen LogP contribution in [0.15, 0.2) is 0 Å². The predicted octanol–water partition coefficient (Wildman–Crippen LogP) is -0.206. The maximum atomic E-state index is 9.71. The number of carboxylic acids is 1. The van der Waals surface area contributed by atoms with Gasteiger partial charge in [0.2, 0.25) is 0 Å². The average molecular weight is 102 g/mol. The van der Waals surface area contributed by atoms with Crippen molar-refractivity contribution >= 4 is 5.97 Å². The van der Waals surface area contributed by atoms with Crippen LogP contribution in [0.25, 0.3) is 0 Å². The lowest BCUT2D eigenvalue weighted by molar-refractivity contribution is -0.134. The number of likely N-dealkylation sites (N-methyl/N-ethyl adjacent to an activating group) is 1. The second-order valence-corrected chi connectivity index (χ2v) is 1.43. The Morgan fingerprint density at radius 3 is 2.14 bits per heavy atom.